The van der Waals surface area contributed by atoms with Crippen LogP contribution in [-0.4, -0.2) is 37.9 Å². The molecule has 2 heterocycles. The predicted octanol–water partition coefficient (Wildman–Crippen LogP) is 1.49. The van der Waals surface area contributed by atoms with Gasteiger partial charge in [-0.15, -0.1) is 5.10 Å². The van der Waals surface area contributed by atoms with Crippen LogP contribution in [0.3, 0.4) is 0 Å². The average molecular weight is 289 g/mol. The van der Waals surface area contributed by atoms with E-state index in [1.807, 2.05) is 25.6 Å². The number of hydrogen-bond donors (Lipinski definition) is 0. The standard InChI is InChI=1S/C14H19N5O2/c1-8-11(9(2)18(3)16-8)13-12(14(20)21-4)15-17-19(13)7-10-5-6-10/h10H,5-7H2,1-4H3. The Bertz CT molecular complexity index is 697. The number of ether oxygens (including phenoxy) is 1. The molecular formula is C14H19N5O2. The van der Waals surface area contributed by atoms with Crippen LogP contribution in [0.25, 0.3) is 11.3 Å². The molecule has 0 aromatic carbocycles. The predicted molar refractivity (Wildman–Crippen MR) is 75.8 cm³/mol. The highest BCUT2D eigenvalue weighted by Gasteiger charge is 2.30. The van der Waals surface area contributed by atoms with Gasteiger partial charge < -0.3 is 4.74 Å². The number of esters is 1. The number of carbonyl (C=O) groups excluding carboxylic acids is 1. The van der Waals surface area contributed by atoms with Gasteiger partial charge in [-0.3, -0.25) is 4.68 Å². The number of nitrogens with zero attached hydrogens (tertiary/aromatic N) is 5. The summed E-state index contributed by atoms with van der Waals surface area (Å²) in [5.41, 5.74) is 3.74. The van der Waals surface area contributed by atoms with Crippen molar-refractivity contribution in [3.05, 3.63) is 17.1 Å². The zero-order valence-corrected chi connectivity index (χ0v) is 12.8. The van der Waals surface area contributed by atoms with Gasteiger partial charge in [-0.05, 0) is 32.6 Å². The largest absolute Gasteiger partial charge is 0.464 e. The van der Waals surface area contributed by atoms with E-state index in [-0.39, 0.29) is 5.69 Å². The van der Waals surface area contributed by atoms with Crippen LogP contribution in [-0.2, 0) is 18.3 Å². The number of methoxy groups -OCH3 is 1. The van der Waals surface area contributed by atoms with Crippen molar-refractivity contribution in [2.24, 2.45) is 13.0 Å². The lowest BCUT2D eigenvalue weighted by molar-refractivity contribution is 0.0595. The molecule has 1 aliphatic carbocycles. The van der Waals surface area contributed by atoms with E-state index in [4.69, 9.17) is 4.74 Å². The van der Waals surface area contributed by atoms with E-state index < -0.39 is 5.97 Å². The maximum absolute atomic E-state index is 12.0. The number of aryl methyl sites for hydroxylation is 2. The molecule has 1 aliphatic rings. The van der Waals surface area contributed by atoms with Crippen LogP contribution in [0.4, 0.5) is 0 Å². The minimum absolute atomic E-state index is 0.261. The van der Waals surface area contributed by atoms with Crippen molar-refractivity contribution in [3.63, 3.8) is 0 Å². The van der Waals surface area contributed by atoms with Crippen molar-refractivity contribution in [1.29, 1.82) is 0 Å². The van der Waals surface area contributed by atoms with Crippen molar-refractivity contribution >= 4 is 5.97 Å². The first-order valence-corrected chi connectivity index (χ1v) is 7.05. The minimum atomic E-state index is -0.463. The lowest BCUT2D eigenvalue weighted by atomic mass is 10.1. The van der Waals surface area contributed by atoms with Crippen LogP contribution in [0.2, 0.25) is 0 Å². The molecule has 112 valence electrons. The highest BCUT2D eigenvalue weighted by molar-refractivity contribution is 5.94. The van der Waals surface area contributed by atoms with Crippen LogP contribution in [0.15, 0.2) is 0 Å². The molecule has 7 nitrogen and oxygen atoms in total. The monoisotopic (exact) mass is 289 g/mol. The molecular weight excluding hydrogens is 270 g/mol. The highest BCUT2D eigenvalue weighted by Crippen LogP contribution is 2.34. The smallest absolute Gasteiger partial charge is 0.360 e. The van der Waals surface area contributed by atoms with E-state index in [9.17, 15) is 4.79 Å². The van der Waals surface area contributed by atoms with Gasteiger partial charge in [0.05, 0.1) is 12.8 Å². The molecule has 0 N–H and O–H groups in total. The van der Waals surface area contributed by atoms with Gasteiger partial charge in [-0.1, -0.05) is 5.21 Å². The van der Waals surface area contributed by atoms with Gasteiger partial charge in [-0.2, -0.15) is 5.10 Å². The molecule has 0 bridgehead atoms. The van der Waals surface area contributed by atoms with Crippen molar-refractivity contribution in [3.8, 4) is 11.3 Å². The summed E-state index contributed by atoms with van der Waals surface area (Å²) in [5, 5.41) is 12.6. The Morgan fingerprint density at radius 3 is 2.62 bits per heavy atom. The molecule has 0 aliphatic heterocycles. The Morgan fingerprint density at radius 2 is 2.10 bits per heavy atom. The molecule has 2 aromatic heterocycles. The van der Waals surface area contributed by atoms with Crippen LogP contribution >= 0.6 is 0 Å². The van der Waals surface area contributed by atoms with Gasteiger partial charge in [0.25, 0.3) is 0 Å². The fourth-order valence-electron chi connectivity index (χ4n) is 2.58. The minimum Gasteiger partial charge on any atom is -0.464 e. The Labute approximate surface area is 122 Å². The zero-order valence-electron chi connectivity index (χ0n) is 12.8. The summed E-state index contributed by atoms with van der Waals surface area (Å²) in [7, 11) is 3.24. The zero-order chi connectivity index (χ0) is 15.1. The van der Waals surface area contributed by atoms with Crippen molar-refractivity contribution in [2.75, 3.05) is 7.11 Å². The Balaban J connectivity index is 2.16. The molecule has 0 saturated heterocycles. The molecule has 2 aromatic rings. The summed E-state index contributed by atoms with van der Waals surface area (Å²) in [6.07, 6.45) is 2.41. The third kappa shape index (κ3) is 2.32. The second-order valence-corrected chi connectivity index (χ2v) is 5.57. The van der Waals surface area contributed by atoms with E-state index in [1.165, 1.54) is 20.0 Å². The highest BCUT2D eigenvalue weighted by atomic mass is 16.5. The van der Waals surface area contributed by atoms with Gasteiger partial charge in [0.15, 0.2) is 5.69 Å². The summed E-state index contributed by atoms with van der Waals surface area (Å²) < 4.78 is 8.46. The second kappa shape index (κ2) is 4.98. The average Bonchev–Trinajstić information content (AvgIpc) is 3.12. The van der Waals surface area contributed by atoms with E-state index >= 15 is 0 Å². The molecule has 1 saturated carbocycles. The van der Waals surface area contributed by atoms with E-state index in [0.29, 0.717) is 5.92 Å². The second-order valence-electron chi connectivity index (χ2n) is 5.57. The normalized spacial score (nSPS) is 14.5. The SMILES string of the molecule is COC(=O)c1nnn(CC2CC2)c1-c1c(C)nn(C)c1C. The van der Waals surface area contributed by atoms with Crippen LogP contribution in [0, 0.1) is 19.8 Å². The first kappa shape index (κ1) is 13.8. The van der Waals surface area contributed by atoms with E-state index in [1.54, 1.807) is 4.68 Å². The lowest BCUT2D eigenvalue weighted by Crippen LogP contribution is -2.08. The maximum Gasteiger partial charge on any atom is 0.360 e. The number of hydrogen-bond acceptors (Lipinski definition) is 5. The Hall–Kier alpha value is -2.18. The molecule has 0 atom stereocenters. The molecule has 21 heavy (non-hydrogen) atoms. The lowest BCUT2D eigenvalue weighted by Gasteiger charge is -2.07. The summed E-state index contributed by atoms with van der Waals surface area (Å²) in [6, 6.07) is 0. The first-order chi connectivity index (χ1) is 10.0. The Kier molecular flexibility index (Phi) is 3.27. The van der Waals surface area contributed by atoms with Gasteiger partial charge in [0, 0.05) is 24.8 Å². The topological polar surface area (TPSA) is 74.8 Å². The van der Waals surface area contributed by atoms with Crippen LogP contribution < -0.4 is 0 Å². The van der Waals surface area contributed by atoms with Crippen molar-refractivity contribution < 1.29 is 9.53 Å². The third-order valence-corrected chi connectivity index (χ3v) is 3.99. The van der Waals surface area contributed by atoms with Crippen molar-refractivity contribution in [1.82, 2.24) is 24.8 Å². The molecule has 0 spiro atoms. The molecule has 0 amide bonds. The van der Waals surface area contributed by atoms with Gasteiger partial charge >= 0.3 is 5.97 Å². The molecule has 7 heteroatoms. The molecule has 0 unspecified atom stereocenters. The summed E-state index contributed by atoms with van der Waals surface area (Å²) in [6.45, 7) is 4.69. The Morgan fingerprint density at radius 1 is 1.38 bits per heavy atom. The molecule has 1 fully saturated rings. The van der Waals surface area contributed by atoms with E-state index in [0.717, 1.165) is 29.2 Å². The van der Waals surface area contributed by atoms with Crippen LogP contribution in [0.5, 0.6) is 0 Å². The van der Waals surface area contributed by atoms with E-state index in [2.05, 4.69) is 15.4 Å². The summed E-state index contributed by atoms with van der Waals surface area (Å²) >= 11 is 0. The first-order valence-electron chi connectivity index (χ1n) is 7.05. The quantitative estimate of drug-likeness (QED) is 0.797. The third-order valence-electron chi connectivity index (χ3n) is 3.99. The summed E-state index contributed by atoms with van der Waals surface area (Å²) in [5.74, 6) is 0.169. The molecule has 0 radical (unpaired) electrons. The maximum atomic E-state index is 12.0. The number of rotatable bonds is 4. The number of aromatic nitrogens is 5. The van der Waals surface area contributed by atoms with Crippen molar-refractivity contribution in [2.45, 2.75) is 33.2 Å². The van der Waals surface area contributed by atoms with Crippen LogP contribution in [0.1, 0.15) is 34.7 Å². The van der Waals surface area contributed by atoms with Gasteiger partial charge in [0.2, 0.25) is 0 Å². The fourth-order valence-corrected chi connectivity index (χ4v) is 2.58. The summed E-state index contributed by atoms with van der Waals surface area (Å²) in [4.78, 5) is 12.0. The number of carbonyl (C=O) groups is 1. The van der Waals surface area contributed by atoms with Gasteiger partial charge in [-0.25, -0.2) is 9.48 Å². The fraction of sp³-hybridized carbons (Fsp3) is 0.571. The van der Waals surface area contributed by atoms with Gasteiger partial charge in [0.1, 0.15) is 5.69 Å². The molecule has 3 rings (SSSR count).